The standard InChI is InChI=1S/C16H24FNO2/c1-11(2)18-16(9-19,13-4-5-13)10-20-15-7-6-14(17)8-12(15)3/h6-8,11,13,18-19H,4-5,9-10H2,1-3H3. The molecular formula is C16H24FNO2. The number of halogens is 1. The van der Waals surface area contributed by atoms with Crippen LogP contribution in [0.15, 0.2) is 18.2 Å². The summed E-state index contributed by atoms with van der Waals surface area (Å²) in [6.07, 6.45) is 2.23. The van der Waals surface area contributed by atoms with E-state index in [0.29, 0.717) is 18.3 Å². The molecular weight excluding hydrogens is 257 g/mol. The van der Waals surface area contributed by atoms with Gasteiger partial charge in [-0.2, -0.15) is 0 Å². The molecule has 1 unspecified atom stereocenters. The molecule has 0 amide bonds. The molecule has 0 bridgehead atoms. The quantitative estimate of drug-likeness (QED) is 0.807. The van der Waals surface area contributed by atoms with Gasteiger partial charge in [-0.25, -0.2) is 4.39 Å². The van der Waals surface area contributed by atoms with Gasteiger partial charge in [0.25, 0.3) is 0 Å². The third-order valence-corrected chi connectivity index (χ3v) is 3.84. The molecule has 1 atom stereocenters. The number of aliphatic hydroxyl groups excluding tert-OH is 1. The van der Waals surface area contributed by atoms with Crippen LogP contribution < -0.4 is 10.1 Å². The number of ether oxygens (including phenoxy) is 1. The number of hydrogen-bond acceptors (Lipinski definition) is 3. The first-order valence-corrected chi connectivity index (χ1v) is 7.24. The first-order chi connectivity index (χ1) is 9.47. The molecule has 1 aromatic carbocycles. The molecule has 2 rings (SSSR count). The van der Waals surface area contributed by atoms with Gasteiger partial charge in [0.1, 0.15) is 18.2 Å². The molecule has 2 N–H and O–H groups in total. The average molecular weight is 281 g/mol. The van der Waals surface area contributed by atoms with E-state index in [0.717, 1.165) is 18.4 Å². The summed E-state index contributed by atoms with van der Waals surface area (Å²) >= 11 is 0. The zero-order chi connectivity index (χ0) is 14.8. The van der Waals surface area contributed by atoms with E-state index >= 15 is 0 Å². The molecule has 0 radical (unpaired) electrons. The van der Waals surface area contributed by atoms with Crippen LogP contribution >= 0.6 is 0 Å². The van der Waals surface area contributed by atoms with Crippen molar-refractivity contribution in [2.24, 2.45) is 5.92 Å². The highest BCUT2D eigenvalue weighted by Gasteiger charge is 2.45. The lowest BCUT2D eigenvalue weighted by atomic mass is 9.94. The summed E-state index contributed by atoms with van der Waals surface area (Å²) in [5.41, 5.74) is 0.381. The van der Waals surface area contributed by atoms with E-state index in [2.05, 4.69) is 19.2 Å². The molecule has 112 valence electrons. The number of nitrogens with one attached hydrogen (secondary N) is 1. The summed E-state index contributed by atoms with van der Waals surface area (Å²) in [7, 11) is 0. The van der Waals surface area contributed by atoms with Gasteiger partial charge in [-0.15, -0.1) is 0 Å². The van der Waals surface area contributed by atoms with Crippen LogP contribution in [0.4, 0.5) is 4.39 Å². The molecule has 1 aromatic rings. The molecule has 4 heteroatoms. The first-order valence-electron chi connectivity index (χ1n) is 7.24. The molecule has 3 nitrogen and oxygen atoms in total. The Morgan fingerprint density at radius 2 is 2.15 bits per heavy atom. The molecule has 1 saturated carbocycles. The fraction of sp³-hybridized carbons (Fsp3) is 0.625. The topological polar surface area (TPSA) is 41.5 Å². The minimum atomic E-state index is -0.394. The zero-order valence-electron chi connectivity index (χ0n) is 12.4. The molecule has 1 fully saturated rings. The van der Waals surface area contributed by atoms with Crippen LogP contribution in [0.1, 0.15) is 32.3 Å². The summed E-state index contributed by atoms with van der Waals surface area (Å²) in [5, 5.41) is 13.3. The van der Waals surface area contributed by atoms with Gasteiger partial charge in [0.05, 0.1) is 12.1 Å². The molecule has 0 spiro atoms. The van der Waals surface area contributed by atoms with Gasteiger partial charge in [-0.3, -0.25) is 0 Å². The van der Waals surface area contributed by atoms with E-state index in [4.69, 9.17) is 4.74 Å². The van der Waals surface area contributed by atoms with Crippen LogP contribution in [0, 0.1) is 18.7 Å². The fourth-order valence-electron chi connectivity index (χ4n) is 2.69. The van der Waals surface area contributed by atoms with E-state index in [1.165, 1.54) is 12.1 Å². The number of benzene rings is 1. The molecule has 0 aliphatic heterocycles. The zero-order valence-corrected chi connectivity index (χ0v) is 12.4. The molecule has 0 heterocycles. The molecule has 1 aliphatic rings. The lowest BCUT2D eigenvalue weighted by Crippen LogP contribution is -2.57. The number of aliphatic hydroxyl groups is 1. The van der Waals surface area contributed by atoms with Crippen molar-refractivity contribution in [1.82, 2.24) is 5.32 Å². The highest BCUT2D eigenvalue weighted by atomic mass is 19.1. The van der Waals surface area contributed by atoms with Crippen molar-refractivity contribution in [1.29, 1.82) is 0 Å². The first kappa shape index (κ1) is 15.3. The molecule has 1 aliphatic carbocycles. The Kier molecular flexibility index (Phi) is 4.66. The molecule has 0 saturated heterocycles. The number of rotatable bonds is 7. The van der Waals surface area contributed by atoms with Gasteiger partial charge >= 0.3 is 0 Å². The Morgan fingerprint density at radius 3 is 2.65 bits per heavy atom. The number of aryl methyl sites for hydroxylation is 1. The maximum atomic E-state index is 13.1. The fourth-order valence-corrected chi connectivity index (χ4v) is 2.69. The van der Waals surface area contributed by atoms with Crippen LogP contribution in [-0.2, 0) is 0 Å². The predicted octanol–water partition coefficient (Wildman–Crippen LogP) is 2.65. The summed E-state index contributed by atoms with van der Waals surface area (Å²) in [4.78, 5) is 0. The SMILES string of the molecule is Cc1cc(F)ccc1OCC(CO)(NC(C)C)C1CC1. The monoisotopic (exact) mass is 281 g/mol. The van der Waals surface area contributed by atoms with Crippen molar-refractivity contribution in [3.8, 4) is 5.75 Å². The Balaban J connectivity index is 2.08. The summed E-state index contributed by atoms with van der Waals surface area (Å²) in [5.74, 6) is 0.872. The van der Waals surface area contributed by atoms with Gasteiger partial charge in [0.2, 0.25) is 0 Å². The van der Waals surface area contributed by atoms with Gasteiger partial charge < -0.3 is 15.2 Å². The van der Waals surface area contributed by atoms with Crippen molar-refractivity contribution in [2.45, 2.75) is 45.2 Å². The summed E-state index contributed by atoms with van der Waals surface area (Å²) in [6, 6.07) is 4.79. The van der Waals surface area contributed by atoms with Crippen LogP contribution in [0.2, 0.25) is 0 Å². The van der Waals surface area contributed by atoms with E-state index < -0.39 is 5.54 Å². The summed E-state index contributed by atoms with van der Waals surface area (Å²) in [6.45, 7) is 6.41. The highest BCUT2D eigenvalue weighted by molar-refractivity contribution is 5.32. The Morgan fingerprint density at radius 1 is 1.45 bits per heavy atom. The third-order valence-electron chi connectivity index (χ3n) is 3.84. The average Bonchev–Trinajstić information content (AvgIpc) is 3.20. The van der Waals surface area contributed by atoms with Gasteiger partial charge in [-0.1, -0.05) is 13.8 Å². The van der Waals surface area contributed by atoms with E-state index in [9.17, 15) is 9.50 Å². The van der Waals surface area contributed by atoms with Crippen LogP contribution in [-0.4, -0.2) is 29.9 Å². The minimum Gasteiger partial charge on any atom is -0.491 e. The maximum Gasteiger partial charge on any atom is 0.123 e. The van der Waals surface area contributed by atoms with Gasteiger partial charge in [0, 0.05) is 6.04 Å². The maximum absolute atomic E-state index is 13.1. The second-order valence-electron chi connectivity index (χ2n) is 6.09. The molecule has 0 aromatic heterocycles. The van der Waals surface area contributed by atoms with Gasteiger partial charge in [-0.05, 0) is 49.4 Å². The van der Waals surface area contributed by atoms with Crippen molar-refractivity contribution < 1.29 is 14.2 Å². The second kappa shape index (κ2) is 6.10. The normalized spacial score (nSPS) is 18.1. The minimum absolute atomic E-state index is 0.0517. The van der Waals surface area contributed by atoms with E-state index in [1.54, 1.807) is 6.07 Å². The van der Waals surface area contributed by atoms with Crippen LogP contribution in [0.25, 0.3) is 0 Å². The Bertz CT molecular complexity index is 460. The van der Waals surface area contributed by atoms with Crippen molar-refractivity contribution >= 4 is 0 Å². The summed E-state index contributed by atoms with van der Waals surface area (Å²) < 4.78 is 19.0. The van der Waals surface area contributed by atoms with Crippen molar-refractivity contribution in [3.05, 3.63) is 29.6 Å². The smallest absolute Gasteiger partial charge is 0.123 e. The predicted molar refractivity (Wildman–Crippen MR) is 77.4 cm³/mol. The largest absolute Gasteiger partial charge is 0.491 e. The third kappa shape index (κ3) is 3.49. The van der Waals surface area contributed by atoms with Crippen LogP contribution in [0.5, 0.6) is 5.75 Å². The van der Waals surface area contributed by atoms with Crippen LogP contribution in [0.3, 0.4) is 0 Å². The van der Waals surface area contributed by atoms with Crippen molar-refractivity contribution in [3.63, 3.8) is 0 Å². The lowest BCUT2D eigenvalue weighted by molar-refractivity contribution is 0.0775. The Labute approximate surface area is 120 Å². The van der Waals surface area contributed by atoms with E-state index in [1.807, 2.05) is 6.92 Å². The second-order valence-corrected chi connectivity index (χ2v) is 6.09. The highest BCUT2D eigenvalue weighted by Crippen LogP contribution is 2.40. The van der Waals surface area contributed by atoms with Crippen molar-refractivity contribution in [2.75, 3.05) is 13.2 Å². The van der Waals surface area contributed by atoms with Gasteiger partial charge in [0.15, 0.2) is 0 Å². The molecule has 20 heavy (non-hydrogen) atoms. The Hall–Kier alpha value is -1.13. The van der Waals surface area contributed by atoms with E-state index in [-0.39, 0.29) is 18.5 Å². The number of hydrogen-bond donors (Lipinski definition) is 2. The lowest BCUT2D eigenvalue weighted by Gasteiger charge is -2.35.